The summed E-state index contributed by atoms with van der Waals surface area (Å²) in [5.74, 6) is 0.978. The molecular formula is C27H36N2O6. The molecule has 0 bridgehead atoms. The van der Waals surface area contributed by atoms with Gasteiger partial charge in [0.25, 0.3) is 0 Å². The number of likely N-dealkylation sites (tertiary alicyclic amines) is 1. The van der Waals surface area contributed by atoms with E-state index in [1.165, 1.54) is 0 Å². The fourth-order valence-corrected chi connectivity index (χ4v) is 3.88. The highest BCUT2D eigenvalue weighted by atomic mass is 16.6. The van der Waals surface area contributed by atoms with Crippen molar-refractivity contribution < 1.29 is 28.5 Å². The van der Waals surface area contributed by atoms with E-state index in [-0.39, 0.29) is 24.6 Å². The van der Waals surface area contributed by atoms with E-state index in [4.69, 9.17) is 23.9 Å². The van der Waals surface area contributed by atoms with Crippen molar-refractivity contribution in [2.45, 2.75) is 65.6 Å². The highest BCUT2D eigenvalue weighted by Gasteiger charge is 2.28. The van der Waals surface area contributed by atoms with Gasteiger partial charge in [0.05, 0.1) is 18.8 Å². The topological polar surface area (TPSA) is 87.2 Å². The van der Waals surface area contributed by atoms with Gasteiger partial charge >= 0.3 is 12.1 Å². The van der Waals surface area contributed by atoms with E-state index in [9.17, 15) is 9.59 Å². The summed E-state index contributed by atoms with van der Waals surface area (Å²) in [7, 11) is 0. The summed E-state index contributed by atoms with van der Waals surface area (Å²) in [5.41, 5.74) is 1.71. The zero-order valence-electron chi connectivity index (χ0n) is 21.3. The molecule has 1 saturated heterocycles. The van der Waals surface area contributed by atoms with Crippen molar-refractivity contribution in [3.8, 4) is 11.6 Å². The summed E-state index contributed by atoms with van der Waals surface area (Å²) in [6, 6.07) is 11.0. The second-order valence-electron chi connectivity index (χ2n) is 9.41. The zero-order valence-corrected chi connectivity index (χ0v) is 21.3. The first-order valence-electron chi connectivity index (χ1n) is 12.2. The molecule has 8 nitrogen and oxygen atoms in total. The average molecular weight is 485 g/mol. The number of pyridine rings is 1. The molecule has 8 heteroatoms. The number of benzene rings is 1. The Bertz CT molecular complexity index is 1010. The van der Waals surface area contributed by atoms with Gasteiger partial charge in [-0.25, -0.2) is 14.6 Å². The Morgan fingerprint density at radius 1 is 1.03 bits per heavy atom. The summed E-state index contributed by atoms with van der Waals surface area (Å²) in [5, 5.41) is 0. The Morgan fingerprint density at radius 2 is 1.77 bits per heavy atom. The third-order valence-electron chi connectivity index (χ3n) is 5.56. The number of carbonyl (C=O) groups excluding carboxylic acids is 2. The number of rotatable bonds is 8. The van der Waals surface area contributed by atoms with Crippen molar-refractivity contribution in [1.82, 2.24) is 9.88 Å². The molecule has 1 fully saturated rings. The normalized spacial score (nSPS) is 14.4. The monoisotopic (exact) mass is 484 g/mol. The molecule has 0 radical (unpaired) electrons. The number of hydrogen-bond acceptors (Lipinski definition) is 7. The van der Waals surface area contributed by atoms with Crippen molar-refractivity contribution >= 4 is 12.1 Å². The van der Waals surface area contributed by atoms with Crippen LogP contribution in [0.25, 0.3) is 0 Å². The fourth-order valence-electron chi connectivity index (χ4n) is 3.88. The van der Waals surface area contributed by atoms with Crippen LogP contribution in [-0.2, 0) is 16.1 Å². The van der Waals surface area contributed by atoms with Gasteiger partial charge in [-0.2, -0.15) is 0 Å². The molecule has 190 valence electrons. The molecule has 0 spiro atoms. The van der Waals surface area contributed by atoms with E-state index in [2.05, 4.69) is 0 Å². The number of carbonyl (C=O) groups is 2. The van der Waals surface area contributed by atoms with Gasteiger partial charge in [0, 0.05) is 36.3 Å². The van der Waals surface area contributed by atoms with E-state index >= 15 is 0 Å². The van der Waals surface area contributed by atoms with Crippen molar-refractivity contribution in [2.24, 2.45) is 0 Å². The summed E-state index contributed by atoms with van der Waals surface area (Å²) >= 11 is 0. The summed E-state index contributed by atoms with van der Waals surface area (Å²) in [4.78, 5) is 30.9. The van der Waals surface area contributed by atoms with Crippen molar-refractivity contribution in [1.29, 1.82) is 0 Å². The van der Waals surface area contributed by atoms with Crippen LogP contribution in [0.5, 0.6) is 11.6 Å². The Balaban J connectivity index is 1.61. The number of nitrogens with zero attached hydrogens (tertiary/aromatic N) is 2. The lowest BCUT2D eigenvalue weighted by Gasteiger charge is -2.33. The number of esters is 1. The molecule has 1 aromatic heterocycles. The third-order valence-corrected chi connectivity index (χ3v) is 5.56. The summed E-state index contributed by atoms with van der Waals surface area (Å²) in [6.07, 6.45) is 1.37. The van der Waals surface area contributed by atoms with Gasteiger partial charge in [-0.15, -0.1) is 0 Å². The van der Waals surface area contributed by atoms with Crippen LogP contribution in [-0.4, -0.2) is 53.9 Å². The molecule has 0 unspecified atom stereocenters. The maximum atomic E-state index is 12.3. The quantitative estimate of drug-likeness (QED) is 0.467. The van der Waals surface area contributed by atoms with Crippen LogP contribution in [0.15, 0.2) is 36.4 Å². The molecule has 0 aliphatic carbocycles. The Kier molecular flexibility index (Phi) is 8.95. The van der Waals surface area contributed by atoms with Gasteiger partial charge in [-0.3, -0.25) is 0 Å². The Hall–Kier alpha value is -3.29. The molecule has 1 aromatic carbocycles. The number of piperidine rings is 1. The molecule has 2 heterocycles. The molecule has 0 N–H and O–H groups in total. The molecule has 1 aliphatic rings. The van der Waals surface area contributed by atoms with Gasteiger partial charge in [0.15, 0.2) is 0 Å². The van der Waals surface area contributed by atoms with Crippen LogP contribution in [0.4, 0.5) is 4.79 Å². The third kappa shape index (κ3) is 7.60. The standard InChI is InChI=1S/C27H36N2O6/c1-6-32-23-17-20(25(30)33-7-2)11-12-21(23)18-34-24-10-8-9-22(28-24)19-13-15-29(16-14-19)26(31)35-27(3,4)5/h8-12,17,19H,6-7,13-16,18H2,1-5H3. The lowest BCUT2D eigenvalue weighted by Crippen LogP contribution is -2.41. The van der Waals surface area contributed by atoms with Gasteiger partial charge in [0.2, 0.25) is 5.88 Å². The first kappa shape index (κ1) is 26.3. The van der Waals surface area contributed by atoms with E-state index in [0.717, 1.165) is 24.1 Å². The van der Waals surface area contributed by atoms with Crippen molar-refractivity contribution in [2.75, 3.05) is 26.3 Å². The minimum absolute atomic E-state index is 0.250. The molecule has 2 aromatic rings. The highest BCUT2D eigenvalue weighted by Crippen LogP contribution is 2.29. The molecular weight excluding hydrogens is 448 g/mol. The Labute approximate surface area is 207 Å². The maximum Gasteiger partial charge on any atom is 0.410 e. The molecule has 0 saturated carbocycles. The first-order chi connectivity index (χ1) is 16.7. The molecule has 3 rings (SSSR count). The highest BCUT2D eigenvalue weighted by molar-refractivity contribution is 5.90. The maximum absolute atomic E-state index is 12.3. The van der Waals surface area contributed by atoms with E-state index in [1.54, 1.807) is 24.0 Å². The second kappa shape index (κ2) is 11.9. The first-order valence-corrected chi connectivity index (χ1v) is 12.2. The van der Waals surface area contributed by atoms with Crippen LogP contribution in [0.3, 0.4) is 0 Å². The predicted octanol–water partition coefficient (Wildman–Crippen LogP) is 5.35. The SMILES string of the molecule is CCOC(=O)c1ccc(COc2cccc(C3CCN(C(=O)OC(C)(C)C)CC3)n2)c(OCC)c1. The minimum Gasteiger partial charge on any atom is -0.493 e. The smallest absolute Gasteiger partial charge is 0.410 e. The lowest BCUT2D eigenvalue weighted by molar-refractivity contribution is 0.0203. The lowest BCUT2D eigenvalue weighted by atomic mass is 9.93. The number of ether oxygens (including phenoxy) is 4. The van der Waals surface area contributed by atoms with Crippen LogP contribution in [0.1, 0.15) is 75.0 Å². The number of hydrogen-bond donors (Lipinski definition) is 0. The average Bonchev–Trinajstić information content (AvgIpc) is 2.83. The summed E-state index contributed by atoms with van der Waals surface area (Å²) in [6.45, 7) is 11.6. The molecule has 1 aliphatic heterocycles. The molecule has 35 heavy (non-hydrogen) atoms. The Morgan fingerprint density at radius 3 is 2.43 bits per heavy atom. The zero-order chi connectivity index (χ0) is 25.4. The number of aromatic nitrogens is 1. The van der Waals surface area contributed by atoms with Crippen LogP contribution >= 0.6 is 0 Å². The van der Waals surface area contributed by atoms with Crippen LogP contribution in [0, 0.1) is 0 Å². The van der Waals surface area contributed by atoms with Crippen LogP contribution < -0.4 is 9.47 Å². The predicted molar refractivity (Wildman–Crippen MR) is 132 cm³/mol. The van der Waals surface area contributed by atoms with E-state index in [0.29, 0.717) is 43.5 Å². The van der Waals surface area contributed by atoms with Crippen molar-refractivity contribution in [3.05, 3.63) is 53.2 Å². The van der Waals surface area contributed by atoms with E-state index in [1.807, 2.05) is 52.0 Å². The van der Waals surface area contributed by atoms with Crippen LogP contribution in [0.2, 0.25) is 0 Å². The fraction of sp³-hybridized carbons (Fsp3) is 0.519. The molecule has 1 amide bonds. The van der Waals surface area contributed by atoms with E-state index < -0.39 is 5.60 Å². The molecule has 0 atom stereocenters. The second-order valence-corrected chi connectivity index (χ2v) is 9.41. The summed E-state index contributed by atoms with van der Waals surface area (Å²) < 4.78 is 22.3. The van der Waals surface area contributed by atoms with Gasteiger partial charge < -0.3 is 23.8 Å². The minimum atomic E-state index is -0.498. The van der Waals surface area contributed by atoms with Gasteiger partial charge in [0.1, 0.15) is 18.0 Å². The largest absolute Gasteiger partial charge is 0.493 e. The van der Waals surface area contributed by atoms with Crippen molar-refractivity contribution in [3.63, 3.8) is 0 Å². The van der Waals surface area contributed by atoms with Gasteiger partial charge in [-0.1, -0.05) is 12.1 Å². The number of amides is 1. The van der Waals surface area contributed by atoms with Gasteiger partial charge in [-0.05, 0) is 65.7 Å².